The molecule has 0 N–H and O–H groups in total. The third-order valence-corrected chi connectivity index (χ3v) is 14.4. The first-order valence-corrected chi connectivity index (χ1v) is 23.3. The fraction of sp³-hybridized carbons (Fsp3) is 0.333. The molecule has 11 rings (SSSR count). The maximum atomic E-state index is 14.2. The molecular weight excluding hydrogens is 917 g/mol. The van der Waals surface area contributed by atoms with Gasteiger partial charge < -0.3 is 51.9 Å². The fourth-order valence-electron chi connectivity index (χ4n) is 11.0. The molecule has 6 aromatic rings. The van der Waals surface area contributed by atoms with Crippen molar-refractivity contribution in [3.8, 4) is 45.9 Å². The first-order valence-electron chi connectivity index (χ1n) is 23.3. The topological polar surface area (TPSA) is 195 Å². The zero-order valence-corrected chi connectivity index (χ0v) is 39.7. The van der Waals surface area contributed by atoms with E-state index < -0.39 is 59.9 Å². The Balaban J connectivity index is 0.829. The van der Waals surface area contributed by atoms with Crippen LogP contribution in [0.4, 0.5) is 0 Å². The molecule has 0 amide bonds. The summed E-state index contributed by atoms with van der Waals surface area (Å²) in [6.45, 7) is 5.18. The number of hydrogen-bond donors (Lipinski definition) is 0. The normalized spacial score (nSPS) is 20.9. The van der Waals surface area contributed by atoms with E-state index >= 15 is 0 Å². The molecule has 1 fully saturated rings. The summed E-state index contributed by atoms with van der Waals surface area (Å²) in [6, 6.07) is 20.9. The number of nitrogens with zero attached hydrogens (tertiary/aromatic N) is 2. The second-order valence-electron chi connectivity index (χ2n) is 18.1. The van der Waals surface area contributed by atoms with Crippen LogP contribution in [0.15, 0.2) is 77.6 Å². The predicted octanol–water partition coefficient (Wildman–Crippen LogP) is 7.17. The van der Waals surface area contributed by atoms with E-state index in [0.29, 0.717) is 63.4 Å². The van der Waals surface area contributed by atoms with E-state index in [4.69, 9.17) is 52.4 Å². The van der Waals surface area contributed by atoms with Crippen molar-refractivity contribution in [2.24, 2.45) is 11.8 Å². The van der Waals surface area contributed by atoms with E-state index in [-0.39, 0.29) is 54.4 Å². The molecule has 1 aliphatic carbocycles. The minimum Gasteiger partial charge on any atom is -0.493 e. The minimum atomic E-state index is -1.93. The van der Waals surface area contributed by atoms with Crippen LogP contribution in [0.5, 0.6) is 34.5 Å². The highest BCUT2D eigenvalue weighted by Gasteiger charge is 2.55. The lowest BCUT2D eigenvalue weighted by molar-refractivity contribution is -0.190. The first kappa shape index (κ1) is 45.4. The Bertz CT molecular complexity index is 3280. The van der Waals surface area contributed by atoms with Gasteiger partial charge in [0.25, 0.3) is 5.56 Å². The van der Waals surface area contributed by atoms with Gasteiger partial charge in [-0.05, 0) is 103 Å². The van der Waals surface area contributed by atoms with Gasteiger partial charge in [-0.2, -0.15) is 0 Å². The number of benzene rings is 4. The number of rotatable bonds is 12. The Morgan fingerprint density at radius 1 is 0.831 bits per heavy atom. The second-order valence-corrected chi connectivity index (χ2v) is 18.1. The third-order valence-electron chi connectivity index (χ3n) is 14.4. The van der Waals surface area contributed by atoms with Crippen LogP contribution in [0.1, 0.15) is 87.2 Å². The Morgan fingerprint density at radius 3 is 2.25 bits per heavy atom. The van der Waals surface area contributed by atoms with Gasteiger partial charge in [-0.25, -0.2) is 19.4 Å². The largest absolute Gasteiger partial charge is 0.493 e. The van der Waals surface area contributed by atoms with Crippen LogP contribution in [0.2, 0.25) is 0 Å². The summed E-state index contributed by atoms with van der Waals surface area (Å²) < 4.78 is 59.4. The van der Waals surface area contributed by atoms with E-state index in [1.165, 1.54) is 45.6 Å². The van der Waals surface area contributed by atoms with Gasteiger partial charge in [-0.15, -0.1) is 0 Å². The number of fused-ring (bicyclic) bond motifs is 8. The molecule has 17 heteroatoms. The van der Waals surface area contributed by atoms with E-state index in [1.807, 2.05) is 19.1 Å². The van der Waals surface area contributed by atoms with Crippen molar-refractivity contribution in [2.75, 3.05) is 41.3 Å². The molecule has 364 valence electrons. The summed E-state index contributed by atoms with van der Waals surface area (Å²) in [5.41, 5.74) is 5.42. The number of aryl methyl sites for hydroxylation is 2. The van der Waals surface area contributed by atoms with Gasteiger partial charge in [0, 0.05) is 33.9 Å². The average Bonchev–Trinajstić information content (AvgIpc) is 4.12. The zero-order chi connectivity index (χ0) is 49.5. The van der Waals surface area contributed by atoms with Crippen molar-refractivity contribution in [1.29, 1.82) is 0 Å². The number of pyridine rings is 2. The maximum Gasteiger partial charge on any atom is 0.355 e. The van der Waals surface area contributed by atoms with Crippen molar-refractivity contribution >= 4 is 34.8 Å². The highest BCUT2D eigenvalue weighted by molar-refractivity contribution is 5.91. The molecule has 1 saturated heterocycles. The number of cyclic esters (lactones) is 2. The standard InChI is InChI=1S/C54H48N2O15/c1-7-30-31-15-26(3)9-14-38(31)55-47-34(30)21-56-39(47)20-37-35(50(56)58)22-67-53(61)54(37,8-2)71-44(57)24-65-29-12-10-27(11-13-29)51(59)70-48-33-19-41-40(68-25-69-41)18-32(33)45(46-36(48)23-66-52(46)60)28-16-42(62-4)49(64-6)43(17-28)63-5/h9-20,36,45-46,48H,7-8,21-25H2,1-6H3/t36-,45+,46+,48?,54?/m1/s1. The van der Waals surface area contributed by atoms with Crippen molar-refractivity contribution in [2.45, 2.75) is 64.4 Å². The maximum absolute atomic E-state index is 14.2. The quantitative estimate of drug-likeness (QED) is 0.0882. The van der Waals surface area contributed by atoms with Crippen molar-refractivity contribution in [3.63, 3.8) is 0 Å². The number of hydrogen-bond acceptors (Lipinski definition) is 16. The van der Waals surface area contributed by atoms with Crippen LogP contribution < -0.4 is 34.0 Å². The number of methoxy groups -OCH3 is 3. The average molecular weight is 965 g/mol. The van der Waals surface area contributed by atoms with Crippen LogP contribution in [0.25, 0.3) is 22.3 Å². The Labute approximate surface area is 406 Å². The van der Waals surface area contributed by atoms with Gasteiger partial charge >= 0.3 is 23.9 Å². The SMILES string of the molecule is CCc1c2c(nc3ccc(C)cc13)-c1cc3c(c(=O)n1C2)COC(=O)C3(CC)OC(=O)COc1ccc(C(=O)OC2c3cc4c(cc3[C@H](c3cc(OC)c(OC)c(OC)c3)[C@H]3C(=O)OC[C@@H]23)OCO4)cc1. The van der Waals surface area contributed by atoms with Gasteiger partial charge in [-0.3, -0.25) is 9.59 Å². The van der Waals surface area contributed by atoms with Crippen molar-refractivity contribution in [3.05, 3.63) is 133 Å². The van der Waals surface area contributed by atoms with Gasteiger partial charge in [0.1, 0.15) is 18.5 Å². The number of esters is 4. The third kappa shape index (κ3) is 7.18. The zero-order valence-electron chi connectivity index (χ0n) is 39.7. The van der Waals surface area contributed by atoms with Crippen LogP contribution in [0.3, 0.4) is 0 Å². The summed E-state index contributed by atoms with van der Waals surface area (Å²) in [4.78, 5) is 74.3. The number of ether oxygens (including phenoxy) is 10. The van der Waals surface area contributed by atoms with Crippen molar-refractivity contribution < 1.29 is 66.5 Å². The molecule has 5 aliphatic rings. The van der Waals surface area contributed by atoms with Crippen LogP contribution in [0, 0.1) is 18.8 Å². The van der Waals surface area contributed by atoms with Crippen LogP contribution in [-0.4, -0.2) is 74.8 Å². The molecule has 0 spiro atoms. The van der Waals surface area contributed by atoms with Gasteiger partial charge in [0.2, 0.25) is 18.1 Å². The van der Waals surface area contributed by atoms with Crippen molar-refractivity contribution in [1.82, 2.24) is 9.55 Å². The molecule has 2 unspecified atom stereocenters. The number of carbonyl (C=O) groups is 4. The Hall–Kier alpha value is -8.08. The van der Waals surface area contributed by atoms with E-state index in [0.717, 1.165) is 34.0 Å². The number of aromatic nitrogens is 2. The first-order chi connectivity index (χ1) is 34.4. The summed E-state index contributed by atoms with van der Waals surface area (Å²) in [7, 11) is 4.53. The number of carbonyl (C=O) groups excluding carboxylic acids is 4. The smallest absolute Gasteiger partial charge is 0.355 e. The van der Waals surface area contributed by atoms with Gasteiger partial charge in [0.05, 0.1) is 68.4 Å². The Morgan fingerprint density at radius 2 is 1.56 bits per heavy atom. The van der Waals surface area contributed by atoms with E-state index in [2.05, 4.69) is 13.0 Å². The molecule has 2 aromatic heterocycles. The fourth-order valence-corrected chi connectivity index (χ4v) is 11.0. The van der Waals surface area contributed by atoms with Gasteiger partial charge in [0.15, 0.2) is 29.6 Å². The van der Waals surface area contributed by atoms with E-state index in [1.54, 1.807) is 41.8 Å². The molecule has 0 bridgehead atoms. The second kappa shape index (κ2) is 17.4. The molecule has 0 saturated carbocycles. The highest BCUT2D eigenvalue weighted by Crippen LogP contribution is 2.57. The lowest BCUT2D eigenvalue weighted by Crippen LogP contribution is -2.48. The summed E-state index contributed by atoms with van der Waals surface area (Å²) in [5.74, 6) is -2.47. The minimum absolute atomic E-state index is 0.00730. The summed E-state index contributed by atoms with van der Waals surface area (Å²) in [5, 5.41) is 1.03. The van der Waals surface area contributed by atoms with E-state index in [9.17, 15) is 24.0 Å². The molecule has 17 nitrogen and oxygen atoms in total. The summed E-state index contributed by atoms with van der Waals surface area (Å²) >= 11 is 0. The molecular formula is C54H48N2O15. The predicted molar refractivity (Wildman–Crippen MR) is 251 cm³/mol. The monoisotopic (exact) mass is 964 g/mol. The lowest BCUT2D eigenvalue weighted by Gasteiger charge is -2.38. The van der Waals surface area contributed by atoms with Crippen LogP contribution >= 0.6 is 0 Å². The molecule has 4 aliphatic heterocycles. The lowest BCUT2D eigenvalue weighted by atomic mass is 9.66. The summed E-state index contributed by atoms with van der Waals surface area (Å²) in [6.07, 6.45) is -0.233. The molecule has 5 atom stereocenters. The Kier molecular flexibility index (Phi) is 11.1. The highest BCUT2D eigenvalue weighted by atomic mass is 16.7. The molecule has 71 heavy (non-hydrogen) atoms. The molecule has 6 heterocycles. The van der Waals surface area contributed by atoms with Crippen LogP contribution in [-0.2, 0) is 58.5 Å². The molecule has 0 radical (unpaired) electrons. The molecule has 4 aromatic carbocycles. The van der Waals surface area contributed by atoms with Gasteiger partial charge in [-0.1, -0.05) is 25.5 Å².